The molecule has 0 atom stereocenters. The predicted octanol–water partition coefficient (Wildman–Crippen LogP) is 13.6. The van der Waals surface area contributed by atoms with Crippen molar-refractivity contribution in [2.24, 2.45) is 0 Å². The number of nitrogens with zero attached hydrogens (tertiary/aromatic N) is 8. The molecule has 0 unspecified atom stereocenters. The molecule has 0 saturated carbocycles. The number of halogens is 5. The van der Waals surface area contributed by atoms with Crippen LogP contribution < -0.4 is 20.4 Å². The van der Waals surface area contributed by atoms with Crippen molar-refractivity contribution in [3.8, 4) is 33.9 Å². The van der Waals surface area contributed by atoms with E-state index in [0.29, 0.717) is 81.9 Å². The van der Waals surface area contributed by atoms with Crippen LogP contribution in [-0.2, 0) is 9.47 Å². The molecule has 12 nitrogen and oxygen atoms in total. The quantitative estimate of drug-likeness (QED) is 0.134. The van der Waals surface area contributed by atoms with Crippen LogP contribution in [0.1, 0.15) is 31.4 Å². The molecular weight excluding hydrogens is 1010 g/mol. The second-order valence-electron chi connectivity index (χ2n) is 17.5. The zero-order valence-electron chi connectivity index (χ0n) is 41.3. The highest BCUT2D eigenvalue weighted by molar-refractivity contribution is 9.10. The molecule has 8 heterocycles. The monoisotopic (exact) mass is 1060 g/mol. The van der Waals surface area contributed by atoms with Gasteiger partial charge in [-0.2, -0.15) is 0 Å². The number of hydrogen-bond donors (Lipinski definition) is 2. The number of nitrogens with one attached hydrogen (secondary N) is 2. The SMILES string of the molecule is CCC.Cc1c(-c2ccccn2)nc2cc(F)cc(F)c2c1Nc1cc(N2CCOCC2)ncc1-c1ccccc1.Cc1c(-c2ccccn2)nc2cc(F)cc(F)c2c1Nc1cc(N2CCOCC2)ncc1Br. The highest BCUT2D eigenvalue weighted by Crippen LogP contribution is 2.41. The molecule has 6 aromatic heterocycles. The van der Waals surface area contributed by atoms with E-state index < -0.39 is 23.3 Å². The van der Waals surface area contributed by atoms with E-state index in [1.165, 1.54) is 18.6 Å². The Morgan fingerprint density at radius 1 is 0.554 bits per heavy atom. The van der Waals surface area contributed by atoms with Crippen LogP contribution in [0.4, 0.5) is 51.9 Å². The maximum Gasteiger partial charge on any atom is 0.137 e. The summed E-state index contributed by atoms with van der Waals surface area (Å²) in [6, 6.07) is 29.0. The van der Waals surface area contributed by atoms with E-state index in [9.17, 15) is 8.78 Å². The van der Waals surface area contributed by atoms with Gasteiger partial charge in [0.05, 0.1) is 98.2 Å². The Morgan fingerprint density at radius 3 is 1.47 bits per heavy atom. The van der Waals surface area contributed by atoms with Crippen LogP contribution in [0.25, 0.3) is 55.7 Å². The summed E-state index contributed by atoms with van der Waals surface area (Å²) < 4.78 is 70.4. The van der Waals surface area contributed by atoms with Gasteiger partial charge in [-0.05, 0) is 59.6 Å². The van der Waals surface area contributed by atoms with Gasteiger partial charge in [-0.15, -0.1) is 0 Å². The van der Waals surface area contributed by atoms with E-state index in [-0.39, 0.29) is 21.8 Å². The van der Waals surface area contributed by atoms with Crippen LogP contribution in [-0.4, -0.2) is 82.5 Å². The number of fused-ring (bicyclic) bond motifs is 2. The zero-order valence-corrected chi connectivity index (χ0v) is 42.9. The molecule has 0 spiro atoms. The minimum atomic E-state index is -0.687. The molecule has 0 bridgehead atoms. The molecule has 3 aromatic carbocycles. The standard InChI is InChI=1S/C30H25F2N5O.C24H20BrF2N5O.C3H8/c1-19-29(24-9-5-6-10-33-24)36-26-16-21(31)15-23(32)28(26)30(19)35-25-17-27(37-11-13-38-14-12-37)34-18-22(25)20-7-3-2-4-8-20;1-14-23(18-4-2-3-5-28-18)31-20-11-15(26)10-17(27)22(20)24(14)30-19-12-21(29-13-16(19)25)32-6-8-33-9-7-32;1-3-2/h2-10,15-18H,11-14H2,1H3,(H,34,35,36);2-5,10-13H,6-9H2,1H3,(H,29,30,31);3H2,1-2H3. The summed E-state index contributed by atoms with van der Waals surface area (Å²) in [4.78, 5) is 31.6. The van der Waals surface area contributed by atoms with Gasteiger partial charge in [0.2, 0.25) is 0 Å². The smallest absolute Gasteiger partial charge is 0.137 e. The summed E-state index contributed by atoms with van der Waals surface area (Å²) in [5, 5.41) is 7.29. The number of benzene rings is 3. The second kappa shape index (κ2) is 23.5. The summed E-state index contributed by atoms with van der Waals surface area (Å²) in [6.07, 6.45) is 8.12. The molecule has 0 radical (unpaired) electrons. The van der Waals surface area contributed by atoms with Gasteiger partial charge in [0.25, 0.3) is 0 Å². The van der Waals surface area contributed by atoms with Gasteiger partial charge in [0.1, 0.15) is 34.9 Å². The van der Waals surface area contributed by atoms with Gasteiger partial charge in [0, 0.05) is 104 Å². The van der Waals surface area contributed by atoms with Crippen LogP contribution in [0.5, 0.6) is 0 Å². The summed E-state index contributed by atoms with van der Waals surface area (Å²) in [5.74, 6) is -1.16. The van der Waals surface area contributed by atoms with Crippen molar-refractivity contribution < 1.29 is 27.0 Å². The molecule has 0 aliphatic carbocycles. The third kappa shape index (κ3) is 11.4. The molecule has 0 amide bonds. The third-order valence-electron chi connectivity index (χ3n) is 12.3. The fraction of sp³-hybridized carbons (Fsp3) is 0.228. The second-order valence-corrected chi connectivity index (χ2v) is 18.4. The lowest BCUT2D eigenvalue weighted by Gasteiger charge is -2.28. The number of aromatic nitrogens is 6. The largest absolute Gasteiger partial charge is 0.378 e. The number of ether oxygens (including phenoxy) is 2. The first-order valence-electron chi connectivity index (χ1n) is 24.3. The maximum atomic E-state index is 15.3. The number of morpholine rings is 2. The topological polar surface area (TPSA) is 126 Å². The zero-order chi connectivity index (χ0) is 51.7. The summed E-state index contributed by atoms with van der Waals surface area (Å²) >= 11 is 3.54. The molecule has 11 rings (SSSR count). The van der Waals surface area contributed by atoms with Gasteiger partial charge in [-0.1, -0.05) is 62.7 Å². The summed E-state index contributed by atoms with van der Waals surface area (Å²) in [5.41, 5.74) is 8.42. The van der Waals surface area contributed by atoms with Crippen LogP contribution in [0.3, 0.4) is 0 Å². The van der Waals surface area contributed by atoms with Crippen LogP contribution >= 0.6 is 15.9 Å². The fourth-order valence-electron chi connectivity index (χ4n) is 8.75. The van der Waals surface area contributed by atoms with Gasteiger partial charge in [0.15, 0.2) is 0 Å². The fourth-order valence-corrected chi connectivity index (χ4v) is 9.06. The first-order valence-corrected chi connectivity index (χ1v) is 25.1. The van der Waals surface area contributed by atoms with Crippen molar-refractivity contribution in [2.45, 2.75) is 34.1 Å². The minimum Gasteiger partial charge on any atom is -0.378 e. The Bertz CT molecular complexity index is 3410. The van der Waals surface area contributed by atoms with Crippen molar-refractivity contribution >= 4 is 72.1 Å². The van der Waals surface area contributed by atoms with E-state index in [4.69, 9.17) is 14.5 Å². The molecule has 17 heteroatoms. The maximum absolute atomic E-state index is 15.3. The molecule has 378 valence electrons. The van der Waals surface area contributed by atoms with E-state index in [1.54, 1.807) is 24.7 Å². The molecular formula is C57H53BrF4N10O2. The number of hydrogen-bond acceptors (Lipinski definition) is 12. The van der Waals surface area contributed by atoms with Gasteiger partial charge >= 0.3 is 0 Å². The number of anilines is 6. The first-order chi connectivity index (χ1) is 36.0. The van der Waals surface area contributed by atoms with Crippen molar-refractivity contribution in [1.29, 1.82) is 0 Å². The molecule has 74 heavy (non-hydrogen) atoms. The highest BCUT2D eigenvalue weighted by atomic mass is 79.9. The van der Waals surface area contributed by atoms with Gasteiger partial charge in [-0.3, -0.25) is 9.97 Å². The predicted molar refractivity (Wildman–Crippen MR) is 289 cm³/mol. The van der Waals surface area contributed by atoms with Crippen molar-refractivity contribution in [2.75, 3.05) is 73.0 Å². The number of pyridine rings is 6. The van der Waals surface area contributed by atoms with E-state index in [1.807, 2.05) is 92.8 Å². The lowest BCUT2D eigenvalue weighted by Crippen LogP contribution is -2.36. The van der Waals surface area contributed by atoms with Crippen LogP contribution in [0, 0.1) is 37.1 Å². The van der Waals surface area contributed by atoms with Crippen LogP contribution in [0.15, 0.2) is 132 Å². The van der Waals surface area contributed by atoms with Gasteiger partial charge < -0.3 is 29.9 Å². The average molecular weight is 1070 g/mol. The summed E-state index contributed by atoms with van der Waals surface area (Å²) in [7, 11) is 0. The third-order valence-corrected chi connectivity index (χ3v) is 12.9. The lowest BCUT2D eigenvalue weighted by molar-refractivity contribution is 0.122. The molecule has 2 aliphatic heterocycles. The van der Waals surface area contributed by atoms with Crippen LogP contribution in [0.2, 0.25) is 0 Å². The van der Waals surface area contributed by atoms with E-state index in [2.05, 4.69) is 75.1 Å². The Hall–Kier alpha value is -7.60. The Morgan fingerprint density at radius 2 is 1.00 bits per heavy atom. The van der Waals surface area contributed by atoms with Gasteiger partial charge in [-0.25, -0.2) is 37.5 Å². The minimum absolute atomic E-state index is 0.208. The Labute approximate surface area is 435 Å². The Kier molecular flexibility index (Phi) is 16.3. The number of rotatable bonds is 9. The first kappa shape index (κ1) is 51.3. The highest BCUT2D eigenvalue weighted by Gasteiger charge is 2.23. The molecule has 2 saturated heterocycles. The van der Waals surface area contributed by atoms with E-state index >= 15 is 8.78 Å². The van der Waals surface area contributed by atoms with Crippen molar-refractivity contribution in [3.63, 3.8) is 0 Å². The molecule has 2 N–H and O–H groups in total. The molecule has 2 fully saturated rings. The normalized spacial score (nSPS) is 13.5. The average Bonchev–Trinajstić information content (AvgIpc) is 3.42. The molecule has 2 aliphatic rings. The van der Waals surface area contributed by atoms with Crippen molar-refractivity contribution in [3.05, 3.63) is 167 Å². The van der Waals surface area contributed by atoms with Crippen molar-refractivity contribution in [1.82, 2.24) is 29.9 Å². The molecule has 9 aromatic rings. The summed E-state index contributed by atoms with van der Waals surface area (Å²) in [6.45, 7) is 13.4. The van der Waals surface area contributed by atoms with E-state index in [0.717, 1.165) is 66.8 Å². The lowest BCUT2D eigenvalue weighted by atomic mass is 10.0. The Balaban J connectivity index is 0.000000174.